The molecule has 0 aliphatic carbocycles. The molecule has 1 heterocycles. The summed E-state index contributed by atoms with van der Waals surface area (Å²) < 4.78 is 6.02. The second-order valence-corrected chi connectivity index (χ2v) is 10.7. The molecule has 0 spiro atoms. The molecule has 5 heteroatoms. The zero-order valence-corrected chi connectivity index (χ0v) is 22.5. The summed E-state index contributed by atoms with van der Waals surface area (Å²) in [5, 5.41) is 9.69. The van der Waals surface area contributed by atoms with Crippen molar-refractivity contribution in [1.29, 1.82) is 0 Å². The number of hydrogen-bond donors (Lipinski definition) is 1. The number of nitrogens with zero attached hydrogens (tertiary/aromatic N) is 1. The van der Waals surface area contributed by atoms with Gasteiger partial charge in [0.2, 0.25) is 0 Å². The first kappa shape index (κ1) is 25.9. The average Bonchev–Trinajstić information content (AvgIpc) is 2.95. The quantitative estimate of drug-likeness (QED) is 0.138. The zero-order chi connectivity index (χ0) is 26.3. The van der Waals surface area contributed by atoms with Crippen LogP contribution in [0.4, 0.5) is 17.1 Å². The molecule has 0 fully saturated rings. The summed E-state index contributed by atoms with van der Waals surface area (Å²) in [6, 6.07) is 27.8. The van der Waals surface area contributed by atoms with E-state index in [4.69, 9.17) is 4.74 Å². The number of hydrogen-bond acceptors (Lipinski definition) is 5. The molecule has 5 rings (SSSR count). The van der Waals surface area contributed by atoms with E-state index in [9.17, 15) is 9.90 Å². The average molecular weight is 524 g/mol. The Hall–Kier alpha value is -3.70. The number of carbonyl (C=O) groups excluding carboxylic acids is 1. The number of phenolic OH excluding ortho intramolecular Hbond substituents is 1. The Balaban J connectivity index is 1.39. The van der Waals surface area contributed by atoms with Gasteiger partial charge in [-0.3, -0.25) is 4.79 Å². The van der Waals surface area contributed by atoms with Gasteiger partial charge in [0.1, 0.15) is 17.8 Å². The monoisotopic (exact) mass is 523 g/mol. The molecule has 1 aliphatic heterocycles. The smallest absolute Gasteiger partial charge is 0.150 e. The summed E-state index contributed by atoms with van der Waals surface area (Å²) in [7, 11) is 0. The fourth-order valence-electron chi connectivity index (χ4n) is 4.77. The topological polar surface area (TPSA) is 49.8 Å². The number of phenols is 1. The number of unbranched alkanes of at least 4 members (excludes halogenated alkanes) is 5. The standard InChI is InChI=1S/C33H33NO3S/c1-2-3-4-5-6-7-20-37-29-16-12-27(13-17-29)34-30-18-8-24(23-35)21-32(30)38-33-22-26(11-19-31(33)34)25-9-14-28(36)15-10-25/h8-19,21-23,36H,2-7,20H2,1H3. The lowest BCUT2D eigenvalue weighted by molar-refractivity contribution is 0.112. The minimum absolute atomic E-state index is 0.252. The minimum atomic E-state index is 0.252. The fraction of sp³-hybridized carbons (Fsp3) is 0.242. The number of ether oxygens (including phenoxy) is 1. The number of fused-ring (bicyclic) bond motifs is 2. The molecular weight excluding hydrogens is 490 g/mol. The van der Waals surface area contributed by atoms with Gasteiger partial charge < -0.3 is 14.7 Å². The van der Waals surface area contributed by atoms with E-state index in [2.05, 4.69) is 42.2 Å². The largest absolute Gasteiger partial charge is 0.508 e. The number of aldehydes is 1. The molecule has 194 valence electrons. The molecule has 0 radical (unpaired) electrons. The zero-order valence-electron chi connectivity index (χ0n) is 21.7. The number of benzene rings is 4. The van der Waals surface area contributed by atoms with Gasteiger partial charge in [0.25, 0.3) is 0 Å². The molecule has 4 nitrogen and oxygen atoms in total. The number of carbonyl (C=O) groups is 1. The Morgan fingerprint density at radius 1 is 0.763 bits per heavy atom. The lowest BCUT2D eigenvalue weighted by Gasteiger charge is -2.33. The second-order valence-electron chi connectivity index (χ2n) is 9.62. The highest BCUT2D eigenvalue weighted by molar-refractivity contribution is 7.99. The Kier molecular flexibility index (Phi) is 8.34. The molecule has 1 aliphatic rings. The van der Waals surface area contributed by atoms with Crippen molar-refractivity contribution in [1.82, 2.24) is 0 Å². The maximum absolute atomic E-state index is 11.5. The normalized spacial score (nSPS) is 12.1. The van der Waals surface area contributed by atoms with E-state index in [-0.39, 0.29) is 5.75 Å². The van der Waals surface area contributed by atoms with Crippen LogP contribution in [-0.4, -0.2) is 18.0 Å². The van der Waals surface area contributed by atoms with Crippen LogP contribution in [-0.2, 0) is 0 Å². The SMILES string of the molecule is CCCCCCCCOc1ccc(N2c3ccc(C=O)cc3Sc3cc(-c4ccc(O)cc4)ccc32)cc1. The predicted molar refractivity (Wildman–Crippen MR) is 157 cm³/mol. The van der Waals surface area contributed by atoms with Crippen molar-refractivity contribution in [3.05, 3.63) is 90.5 Å². The van der Waals surface area contributed by atoms with E-state index in [1.807, 2.05) is 42.5 Å². The molecule has 0 atom stereocenters. The molecule has 4 aromatic carbocycles. The lowest BCUT2D eigenvalue weighted by Crippen LogP contribution is -2.15. The summed E-state index contributed by atoms with van der Waals surface area (Å²) in [4.78, 5) is 15.9. The molecule has 4 aromatic rings. The van der Waals surface area contributed by atoms with Crippen LogP contribution in [0.5, 0.6) is 11.5 Å². The first-order chi connectivity index (χ1) is 18.7. The Bertz CT molecular complexity index is 1380. The molecule has 0 saturated carbocycles. The summed E-state index contributed by atoms with van der Waals surface area (Å²) >= 11 is 1.67. The lowest BCUT2D eigenvalue weighted by atomic mass is 10.0. The molecule has 0 amide bonds. The van der Waals surface area contributed by atoms with Crippen molar-refractivity contribution in [2.24, 2.45) is 0 Å². The molecule has 1 N–H and O–H groups in total. The van der Waals surface area contributed by atoms with Crippen molar-refractivity contribution < 1.29 is 14.6 Å². The maximum Gasteiger partial charge on any atom is 0.150 e. The molecule has 38 heavy (non-hydrogen) atoms. The van der Waals surface area contributed by atoms with E-state index in [0.29, 0.717) is 5.56 Å². The van der Waals surface area contributed by atoms with E-state index in [1.54, 1.807) is 23.9 Å². The molecule has 0 saturated heterocycles. The fourth-order valence-corrected chi connectivity index (χ4v) is 5.92. The van der Waals surface area contributed by atoms with E-state index in [0.717, 1.165) is 63.0 Å². The van der Waals surface area contributed by atoms with Gasteiger partial charge in [-0.25, -0.2) is 0 Å². The predicted octanol–water partition coefficient (Wildman–Crippen LogP) is 9.55. The van der Waals surface area contributed by atoms with E-state index < -0.39 is 0 Å². The molecule has 0 bridgehead atoms. The van der Waals surface area contributed by atoms with Crippen molar-refractivity contribution in [2.45, 2.75) is 55.2 Å². The van der Waals surface area contributed by atoms with Gasteiger partial charge in [-0.1, -0.05) is 69.0 Å². The third kappa shape index (κ3) is 5.89. The van der Waals surface area contributed by atoms with Crippen LogP contribution >= 0.6 is 11.8 Å². The minimum Gasteiger partial charge on any atom is -0.508 e. The Morgan fingerprint density at radius 2 is 1.42 bits per heavy atom. The third-order valence-corrected chi connectivity index (χ3v) is 7.94. The van der Waals surface area contributed by atoms with Gasteiger partial charge in [0, 0.05) is 21.0 Å². The highest BCUT2D eigenvalue weighted by atomic mass is 32.2. The van der Waals surface area contributed by atoms with Gasteiger partial charge in [-0.05, 0) is 84.3 Å². The first-order valence-electron chi connectivity index (χ1n) is 13.4. The van der Waals surface area contributed by atoms with Crippen LogP contribution in [0, 0.1) is 0 Å². The van der Waals surface area contributed by atoms with Crippen LogP contribution in [0.15, 0.2) is 94.7 Å². The van der Waals surface area contributed by atoms with Gasteiger partial charge in [-0.15, -0.1) is 0 Å². The van der Waals surface area contributed by atoms with Crippen molar-refractivity contribution in [3.8, 4) is 22.6 Å². The number of anilines is 3. The first-order valence-corrected chi connectivity index (χ1v) is 14.2. The molecule has 0 aromatic heterocycles. The number of aromatic hydroxyl groups is 1. The van der Waals surface area contributed by atoms with Crippen molar-refractivity contribution in [3.63, 3.8) is 0 Å². The van der Waals surface area contributed by atoms with E-state index in [1.165, 1.54) is 32.1 Å². The number of rotatable bonds is 11. The summed E-state index contributed by atoms with van der Waals surface area (Å²) in [5.74, 6) is 1.13. The van der Waals surface area contributed by atoms with Gasteiger partial charge in [-0.2, -0.15) is 0 Å². The van der Waals surface area contributed by atoms with Crippen LogP contribution in [0.2, 0.25) is 0 Å². The van der Waals surface area contributed by atoms with Gasteiger partial charge in [0.05, 0.1) is 18.0 Å². The van der Waals surface area contributed by atoms with Crippen LogP contribution in [0.1, 0.15) is 55.8 Å². The highest BCUT2D eigenvalue weighted by Crippen LogP contribution is 2.52. The van der Waals surface area contributed by atoms with Crippen molar-refractivity contribution >= 4 is 35.1 Å². The van der Waals surface area contributed by atoms with Gasteiger partial charge >= 0.3 is 0 Å². The van der Waals surface area contributed by atoms with E-state index >= 15 is 0 Å². The Morgan fingerprint density at radius 3 is 2.16 bits per heavy atom. The molecular formula is C33H33NO3S. The summed E-state index contributed by atoms with van der Waals surface area (Å²) in [6.45, 7) is 2.98. The summed E-state index contributed by atoms with van der Waals surface area (Å²) in [6.07, 6.45) is 8.37. The summed E-state index contributed by atoms with van der Waals surface area (Å²) in [5.41, 5.74) is 5.95. The Labute approximate surface area is 229 Å². The van der Waals surface area contributed by atoms with Crippen molar-refractivity contribution in [2.75, 3.05) is 11.5 Å². The van der Waals surface area contributed by atoms with Crippen LogP contribution in [0.3, 0.4) is 0 Å². The van der Waals surface area contributed by atoms with Gasteiger partial charge in [0.15, 0.2) is 0 Å². The second kappa shape index (κ2) is 12.2. The molecule has 0 unspecified atom stereocenters. The van der Waals surface area contributed by atoms with Crippen LogP contribution < -0.4 is 9.64 Å². The maximum atomic E-state index is 11.5. The third-order valence-electron chi connectivity index (χ3n) is 6.84. The highest BCUT2D eigenvalue weighted by Gasteiger charge is 2.25. The van der Waals surface area contributed by atoms with Crippen LogP contribution in [0.25, 0.3) is 11.1 Å².